The summed E-state index contributed by atoms with van der Waals surface area (Å²) >= 11 is 0. The van der Waals surface area contributed by atoms with Crippen LogP contribution in [0.3, 0.4) is 0 Å². The fourth-order valence-electron chi connectivity index (χ4n) is 3.46. The summed E-state index contributed by atoms with van der Waals surface area (Å²) in [5.41, 5.74) is 10.8. The maximum absolute atomic E-state index is 2.24. The summed E-state index contributed by atoms with van der Waals surface area (Å²) in [6.45, 7) is 13.0. The van der Waals surface area contributed by atoms with Crippen molar-refractivity contribution >= 4 is 9.52 Å². The van der Waals surface area contributed by atoms with Crippen LogP contribution in [0.2, 0.25) is 13.1 Å². The van der Waals surface area contributed by atoms with Gasteiger partial charge < -0.3 is 24.8 Å². The van der Waals surface area contributed by atoms with Crippen LogP contribution in [0.4, 0.5) is 0 Å². The summed E-state index contributed by atoms with van der Waals surface area (Å²) in [6, 6.07) is 30.0. The van der Waals surface area contributed by atoms with E-state index in [2.05, 4.69) is 126 Å². The molecule has 0 N–H and O–H groups in total. The van der Waals surface area contributed by atoms with Crippen LogP contribution in [0, 0.1) is 27.7 Å². The minimum absolute atomic E-state index is 0. The smallest absolute Gasteiger partial charge is 1.00 e. The van der Waals surface area contributed by atoms with Crippen molar-refractivity contribution in [1.29, 1.82) is 0 Å². The predicted molar refractivity (Wildman–Crippen MR) is 133 cm³/mol. The third kappa shape index (κ3) is 10.2. The molecule has 0 amide bonds. The molecular weight excluding hydrogens is 614 g/mol. The molecule has 4 rings (SSSR count). The number of halogens is 2. The first-order chi connectivity index (χ1) is 14.0. The Morgan fingerprint density at radius 3 is 1.06 bits per heavy atom. The third-order valence-electron chi connectivity index (χ3n) is 4.65. The van der Waals surface area contributed by atoms with Gasteiger partial charge in [-0.1, -0.05) is 113 Å². The molecule has 0 aliphatic heterocycles. The van der Waals surface area contributed by atoms with E-state index in [1.807, 2.05) is 0 Å². The van der Waals surface area contributed by atoms with Gasteiger partial charge in [0.15, 0.2) is 0 Å². The average Bonchev–Trinajstić information content (AvgIpc) is 3.24. The van der Waals surface area contributed by atoms with Gasteiger partial charge >= 0.3 is 25.8 Å². The SMILES string of the molecule is C[SiH]C.Cc1cc(C)c(-c2ccccc2)[cH-]1.Cc1cc(C)c(-c2ccccc2)[cH-]1.[Cl-].[Cl-].[Hf+4]. The molecule has 0 bridgehead atoms. The molecular formula is C28H33Cl2HfSi. The molecule has 0 aliphatic carbocycles. The zero-order valence-electron chi connectivity index (χ0n) is 19.9. The van der Waals surface area contributed by atoms with Gasteiger partial charge in [-0.15, -0.1) is 34.4 Å². The fraction of sp³-hybridized carbons (Fsp3) is 0.214. The van der Waals surface area contributed by atoms with Crippen LogP contribution in [0.25, 0.3) is 22.3 Å². The largest absolute Gasteiger partial charge is 4.00 e. The van der Waals surface area contributed by atoms with E-state index in [-0.39, 0.29) is 50.7 Å². The second-order valence-corrected chi connectivity index (χ2v) is 8.72. The Morgan fingerprint density at radius 2 is 0.844 bits per heavy atom. The maximum Gasteiger partial charge on any atom is 4.00 e. The molecule has 0 nitrogen and oxygen atoms in total. The van der Waals surface area contributed by atoms with E-state index in [1.165, 1.54) is 44.5 Å². The first-order valence-electron chi connectivity index (χ1n) is 10.3. The van der Waals surface area contributed by atoms with Gasteiger partial charge in [0.2, 0.25) is 0 Å². The van der Waals surface area contributed by atoms with E-state index in [1.54, 1.807) is 0 Å². The van der Waals surface area contributed by atoms with Gasteiger partial charge in [-0.05, 0) is 0 Å². The van der Waals surface area contributed by atoms with Gasteiger partial charge in [0.1, 0.15) is 0 Å². The van der Waals surface area contributed by atoms with Gasteiger partial charge in [-0.25, -0.2) is 0 Å². The van der Waals surface area contributed by atoms with Gasteiger partial charge in [0.05, 0.1) is 0 Å². The predicted octanol–water partition coefficient (Wildman–Crippen LogP) is 1.90. The average molecular weight is 647 g/mol. The zero-order chi connectivity index (χ0) is 21.2. The molecule has 0 heterocycles. The summed E-state index contributed by atoms with van der Waals surface area (Å²) in [6.07, 6.45) is 0. The molecule has 4 heteroatoms. The van der Waals surface area contributed by atoms with Crippen molar-refractivity contribution in [3.63, 3.8) is 0 Å². The Hall–Kier alpha value is -1.19. The minimum atomic E-state index is 0. The molecule has 0 aliphatic rings. The van der Waals surface area contributed by atoms with Crippen molar-refractivity contribution in [2.24, 2.45) is 0 Å². The quantitative estimate of drug-likeness (QED) is 0.231. The number of hydrogen-bond donors (Lipinski definition) is 0. The van der Waals surface area contributed by atoms with Crippen LogP contribution in [-0.2, 0) is 25.8 Å². The summed E-state index contributed by atoms with van der Waals surface area (Å²) in [7, 11) is 0.750. The van der Waals surface area contributed by atoms with E-state index in [9.17, 15) is 0 Å². The molecule has 4 aromatic carbocycles. The fourth-order valence-corrected chi connectivity index (χ4v) is 3.46. The summed E-state index contributed by atoms with van der Waals surface area (Å²) in [5, 5.41) is 0. The molecule has 1 radical (unpaired) electrons. The van der Waals surface area contributed by atoms with Crippen LogP contribution in [-0.4, -0.2) is 9.52 Å². The monoisotopic (exact) mass is 647 g/mol. The number of hydrogen-bond acceptors (Lipinski definition) is 0. The van der Waals surface area contributed by atoms with Gasteiger partial charge in [0, 0.05) is 9.52 Å². The Labute approximate surface area is 229 Å². The standard InChI is InChI=1S/2C13H13.C2H7Si.2ClH.Hf/c2*1-10-8-11(2)13(9-10)12-6-4-3-5-7-12;1-3-2;;;/h2*3-9H,1-2H3;3H,1-2H3;2*1H;/q2*-1;;;;+4/p-2. The van der Waals surface area contributed by atoms with Crippen LogP contribution in [0.1, 0.15) is 22.3 Å². The molecule has 4 aromatic rings. The third-order valence-corrected chi connectivity index (χ3v) is 4.65. The first-order valence-corrected chi connectivity index (χ1v) is 12.6. The maximum atomic E-state index is 2.24. The summed E-state index contributed by atoms with van der Waals surface area (Å²) in [4.78, 5) is 0. The van der Waals surface area contributed by atoms with Crippen molar-refractivity contribution in [1.82, 2.24) is 0 Å². The molecule has 0 saturated heterocycles. The van der Waals surface area contributed by atoms with E-state index in [0.29, 0.717) is 0 Å². The number of benzene rings is 2. The molecule has 0 fully saturated rings. The first kappa shape index (κ1) is 33.0. The van der Waals surface area contributed by atoms with Crippen molar-refractivity contribution < 1.29 is 50.7 Å². The van der Waals surface area contributed by atoms with E-state index >= 15 is 0 Å². The number of rotatable bonds is 2. The van der Waals surface area contributed by atoms with Gasteiger partial charge in [-0.2, -0.15) is 23.3 Å². The van der Waals surface area contributed by atoms with E-state index < -0.39 is 0 Å². The Morgan fingerprint density at radius 1 is 0.562 bits per heavy atom. The zero-order valence-corrected chi connectivity index (χ0v) is 26.2. The van der Waals surface area contributed by atoms with E-state index in [0.717, 1.165) is 9.52 Å². The molecule has 0 saturated carbocycles. The molecule has 0 atom stereocenters. The van der Waals surface area contributed by atoms with Crippen molar-refractivity contribution in [2.45, 2.75) is 40.8 Å². The molecule has 167 valence electrons. The van der Waals surface area contributed by atoms with Crippen molar-refractivity contribution in [3.05, 3.63) is 107 Å². The van der Waals surface area contributed by atoms with Crippen LogP contribution in [0.5, 0.6) is 0 Å². The normalized spacial score (nSPS) is 8.94. The number of aryl methyl sites for hydroxylation is 4. The molecule has 0 aromatic heterocycles. The van der Waals surface area contributed by atoms with Crippen molar-refractivity contribution in [2.75, 3.05) is 0 Å². The van der Waals surface area contributed by atoms with Crippen LogP contribution in [0.15, 0.2) is 84.9 Å². The topological polar surface area (TPSA) is 0 Å². The van der Waals surface area contributed by atoms with Gasteiger partial charge in [-0.3, -0.25) is 0 Å². The second kappa shape index (κ2) is 17.3. The molecule has 0 spiro atoms. The van der Waals surface area contributed by atoms with Crippen LogP contribution < -0.4 is 24.8 Å². The van der Waals surface area contributed by atoms with Gasteiger partial charge in [0.25, 0.3) is 0 Å². The van der Waals surface area contributed by atoms with E-state index in [4.69, 9.17) is 0 Å². The Kier molecular flexibility index (Phi) is 17.8. The Bertz CT molecular complexity index is 907. The molecule has 0 unspecified atom stereocenters. The van der Waals surface area contributed by atoms with Crippen LogP contribution >= 0.6 is 0 Å². The van der Waals surface area contributed by atoms with Crippen molar-refractivity contribution in [3.8, 4) is 22.3 Å². The second-order valence-electron chi connectivity index (χ2n) is 7.57. The molecule has 32 heavy (non-hydrogen) atoms. The summed E-state index contributed by atoms with van der Waals surface area (Å²) in [5.74, 6) is 0. The minimum Gasteiger partial charge on any atom is -1.00 e. The Balaban J connectivity index is 0. The summed E-state index contributed by atoms with van der Waals surface area (Å²) < 4.78 is 0.